The van der Waals surface area contributed by atoms with Gasteiger partial charge in [-0.25, -0.2) is 4.79 Å². The van der Waals surface area contributed by atoms with E-state index in [1.807, 2.05) is 20.8 Å². The molecule has 0 bridgehead atoms. The number of carbonyl (C=O) groups is 2. The summed E-state index contributed by atoms with van der Waals surface area (Å²) in [6.45, 7) is 6.97. The molecule has 0 aromatic rings. The molecule has 5 nitrogen and oxygen atoms in total. The largest absolute Gasteiger partial charge is 0.444 e. The van der Waals surface area contributed by atoms with Gasteiger partial charge in [-0.05, 0) is 40.0 Å². The van der Waals surface area contributed by atoms with Crippen LogP contribution in [-0.4, -0.2) is 29.7 Å². The second-order valence-corrected chi connectivity index (χ2v) is 5.49. The van der Waals surface area contributed by atoms with Crippen LogP contribution in [0.1, 0.15) is 47.0 Å². The van der Waals surface area contributed by atoms with E-state index < -0.39 is 11.7 Å². The summed E-state index contributed by atoms with van der Waals surface area (Å²) < 4.78 is 5.19. The van der Waals surface area contributed by atoms with Crippen LogP contribution in [-0.2, 0) is 9.53 Å². The fourth-order valence-electron chi connectivity index (χ4n) is 2.03. The molecule has 2 amide bonds. The zero-order chi connectivity index (χ0) is 13.1. The Morgan fingerprint density at radius 1 is 1.12 bits per heavy atom. The minimum atomic E-state index is -0.494. The molecule has 0 aromatic carbocycles. The van der Waals surface area contributed by atoms with E-state index in [4.69, 9.17) is 4.74 Å². The van der Waals surface area contributed by atoms with E-state index in [2.05, 4.69) is 10.6 Å². The van der Waals surface area contributed by atoms with Gasteiger partial charge in [-0.2, -0.15) is 0 Å². The van der Waals surface area contributed by atoms with E-state index in [-0.39, 0.29) is 18.0 Å². The van der Waals surface area contributed by atoms with E-state index in [9.17, 15) is 9.59 Å². The highest BCUT2D eigenvalue weighted by Gasteiger charge is 2.30. The van der Waals surface area contributed by atoms with E-state index in [1.54, 1.807) is 0 Å². The summed E-state index contributed by atoms with van der Waals surface area (Å²) in [7, 11) is 0. The third kappa shape index (κ3) is 5.06. The molecule has 2 N–H and O–H groups in total. The Labute approximate surface area is 102 Å². The lowest BCUT2D eigenvalue weighted by Gasteiger charge is -2.25. The fourth-order valence-corrected chi connectivity index (χ4v) is 2.03. The molecule has 5 heteroatoms. The van der Waals surface area contributed by atoms with Gasteiger partial charge in [0.1, 0.15) is 5.60 Å². The number of rotatable bonds is 2. The molecule has 0 aromatic heterocycles. The van der Waals surface area contributed by atoms with Crippen LogP contribution in [0.4, 0.5) is 4.79 Å². The molecule has 1 rings (SSSR count). The van der Waals surface area contributed by atoms with Gasteiger partial charge in [0, 0.05) is 13.0 Å². The minimum absolute atomic E-state index is 0.0197. The molecule has 0 radical (unpaired) electrons. The van der Waals surface area contributed by atoms with Gasteiger partial charge in [0.2, 0.25) is 5.91 Å². The standard InChI is InChI=1S/C12H22N2O3/c1-8(15)13-9-6-5-7-10(9)14-11(16)17-12(2,3)4/h9-10H,5-7H2,1-4H3,(H,13,15)(H,14,16)/t9-,10+/m1/s1. The highest BCUT2D eigenvalue weighted by molar-refractivity contribution is 5.73. The smallest absolute Gasteiger partial charge is 0.407 e. The van der Waals surface area contributed by atoms with E-state index in [0.29, 0.717) is 0 Å². The fraction of sp³-hybridized carbons (Fsp3) is 0.833. The van der Waals surface area contributed by atoms with Crippen LogP contribution in [0.25, 0.3) is 0 Å². The van der Waals surface area contributed by atoms with Crippen LogP contribution >= 0.6 is 0 Å². The van der Waals surface area contributed by atoms with Crippen LogP contribution in [0.15, 0.2) is 0 Å². The van der Waals surface area contributed by atoms with Crippen molar-refractivity contribution >= 4 is 12.0 Å². The van der Waals surface area contributed by atoms with Crippen molar-refractivity contribution < 1.29 is 14.3 Å². The van der Waals surface area contributed by atoms with Gasteiger partial charge in [-0.15, -0.1) is 0 Å². The molecule has 0 heterocycles. The normalized spacial score (nSPS) is 24.2. The monoisotopic (exact) mass is 242 g/mol. The summed E-state index contributed by atoms with van der Waals surface area (Å²) in [6, 6.07) is 0.00812. The predicted octanol–water partition coefficient (Wildman–Crippen LogP) is 1.57. The van der Waals surface area contributed by atoms with Crippen molar-refractivity contribution in [1.82, 2.24) is 10.6 Å². The van der Waals surface area contributed by atoms with Crippen LogP contribution in [0, 0.1) is 0 Å². The van der Waals surface area contributed by atoms with Gasteiger partial charge in [-0.1, -0.05) is 0 Å². The number of carbonyl (C=O) groups excluding carboxylic acids is 2. The number of hydrogen-bond donors (Lipinski definition) is 2. The molecule has 1 fully saturated rings. The molecule has 0 saturated heterocycles. The summed E-state index contributed by atoms with van der Waals surface area (Å²) in [4.78, 5) is 22.6. The van der Waals surface area contributed by atoms with E-state index in [0.717, 1.165) is 19.3 Å². The van der Waals surface area contributed by atoms with Crippen LogP contribution in [0.2, 0.25) is 0 Å². The average molecular weight is 242 g/mol. The van der Waals surface area contributed by atoms with Crippen molar-refractivity contribution in [2.24, 2.45) is 0 Å². The molecule has 0 unspecified atom stereocenters. The molecular formula is C12H22N2O3. The van der Waals surface area contributed by atoms with Gasteiger partial charge in [-0.3, -0.25) is 4.79 Å². The number of nitrogens with one attached hydrogen (secondary N) is 2. The van der Waals surface area contributed by atoms with Gasteiger partial charge in [0.05, 0.1) is 6.04 Å². The second kappa shape index (κ2) is 5.38. The lowest BCUT2D eigenvalue weighted by Crippen LogP contribution is -2.49. The minimum Gasteiger partial charge on any atom is -0.444 e. The summed E-state index contributed by atoms with van der Waals surface area (Å²) in [5.74, 6) is -0.0621. The van der Waals surface area contributed by atoms with Crippen LogP contribution in [0.5, 0.6) is 0 Å². The zero-order valence-electron chi connectivity index (χ0n) is 11.0. The Kier molecular flexibility index (Phi) is 4.37. The Morgan fingerprint density at radius 2 is 1.65 bits per heavy atom. The van der Waals surface area contributed by atoms with Crippen molar-refractivity contribution in [1.29, 1.82) is 0 Å². The van der Waals surface area contributed by atoms with Gasteiger partial charge >= 0.3 is 6.09 Å². The third-order valence-electron chi connectivity index (χ3n) is 2.61. The summed E-state index contributed by atoms with van der Waals surface area (Å²) in [5.41, 5.74) is -0.494. The van der Waals surface area contributed by atoms with Crippen molar-refractivity contribution in [3.05, 3.63) is 0 Å². The summed E-state index contributed by atoms with van der Waals surface area (Å²) >= 11 is 0. The average Bonchev–Trinajstić information content (AvgIpc) is 2.47. The molecule has 98 valence electrons. The molecule has 1 aliphatic rings. The van der Waals surface area contributed by atoms with Crippen LogP contribution < -0.4 is 10.6 Å². The molecule has 17 heavy (non-hydrogen) atoms. The molecular weight excluding hydrogens is 220 g/mol. The predicted molar refractivity (Wildman–Crippen MR) is 64.6 cm³/mol. The maximum atomic E-state index is 11.6. The number of ether oxygens (including phenoxy) is 1. The first kappa shape index (κ1) is 13.8. The zero-order valence-corrected chi connectivity index (χ0v) is 11.0. The van der Waals surface area contributed by atoms with Crippen molar-refractivity contribution in [2.75, 3.05) is 0 Å². The first-order valence-corrected chi connectivity index (χ1v) is 6.04. The Balaban J connectivity index is 2.44. The highest BCUT2D eigenvalue weighted by Crippen LogP contribution is 2.19. The SMILES string of the molecule is CC(=O)N[C@@H]1CCC[C@@H]1NC(=O)OC(C)(C)C. The highest BCUT2D eigenvalue weighted by atomic mass is 16.6. The number of hydrogen-bond acceptors (Lipinski definition) is 3. The maximum absolute atomic E-state index is 11.6. The van der Waals surface area contributed by atoms with Crippen LogP contribution in [0.3, 0.4) is 0 Å². The molecule has 2 atom stereocenters. The first-order chi connectivity index (χ1) is 7.78. The van der Waals surface area contributed by atoms with E-state index in [1.165, 1.54) is 6.92 Å². The maximum Gasteiger partial charge on any atom is 0.407 e. The molecule has 0 aliphatic heterocycles. The van der Waals surface area contributed by atoms with Crippen molar-refractivity contribution in [2.45, 2.75) is 64.6 Å². The topological polar surface area (TPSA) is 67.4 Å². The molecule has 1 aliphatic carbocycles. The Hall–Kier alpha value is -1.26. The Bertz CT molecular complexity index is 297. The van der Waals surface area contributed by atoms with Crippen molar-refractivity contribution in [3.63, 3.8) is 0 Å². The molecule has 0 spiro atoms. The lowest BCUT2D eigenvalue weighted by molar-refractivity contribution is -0.119. The quantitative estimate of drug-likeness (QED) is 0.772. The third-order valence-corrected chi connectivity index (χ3v) is 2.61. The van der Waals surface area contributed by atoms with Gasteiger partial charge in [0.25, 0.3) is 0 Å². The lowest BCUT2D eigenvalue weighted by atomic mass is 10.1. The number of alkyl carbamates (subject to hydrolysis) is 1. The van der Waals surface area contributed by atoms with E-state index >= 15 is 0 Å². The summed E-state index contributed by atoms with van der Waals surface area (Å²) in [6.07, 6.45) is 2.37. The number of amides is 2. The Morgan fingerprint density at radius 3 is 2.12 bits per heavy atom. The van der Waals surface area contributed by atoms with Gasteiger partial charge < -0.3 is 15.4 Å². The van der Waals surface area contributed by atoms with Crippen molar-refractivity contribution in [3.8, 4) is 0 Å². The first-order valence-electron chi connectivity index (χ1n) is 6.04. The van der Waals surface area contributed by atoms with Gasteiger partial charge in [0.15, 0.2) is 0 Å². The summed E-state index contributed by atoms with van der Waals surface area (Å²) in [5, 5.41) is 5.67. The second-order valence-electron chi connectivity index (χ2n) is 5.49. The molecule has 1 saturated carbocycles.